The Morgan fingerprint density at radius 2 is 1.86 bits per heavy atom. The van der Waals surface area contributed by atoms with Crippen LogP contribution in [0.1, 0.15) is 18.4 Å². The number of pyridine rings is 1. The molecule has 0 radical (unpaired) electrons. The number of anilines is 2. The first-order valence-electron chi connectivity index (χ1n) is 9.78. The number of aromatic amines is 1. The lowest BCUT2D eigenvalue weighted by molar-refractivity contribution is -0.0485. The second kappa shape index (κ2) is 7.91. The maximum absolute atomic E-state index is 14.9. The maximum Gasteiger partial charge on any atom is 0.268 e. The van der Waals surface area contributed by atoms with Crippen LogP contribution in [0, 0.1) is 0 Å². The van der Waals surface area contributed by atoms with E-state index in [1.807, 2.05) is 36.4 Å². The average molecular weight is 389 g/mol. The summed E-state index contributed by atoms with van der Waals surface area (Å²) in [5, 5.41) is 0. The van der Waals surface area contributed by atoms with Crippen LogP contribution in [0.5, 0.6) is 0 Å². The standard InChI is InChI=1S/C21H25F2N3O2/c22-21(23)7-4-8-26(18(21)13-16-5-2-1-3-6-16)19-14-17(15-20(27)24-19)25-9-11-28-12-10-25/h1-3,5-6,14-15,18H,4,7-13H2,(H,24,27). The third-order valence-corrected chi connectivity index (χ3v) is 5.55. The first kappa shape index (κ1) is 18.9. The molecule has 0 bridgehead atoms. The van der Waals surface area contributed by atoms with Crippen molar-refractivity contribution in [1.82, 2.24) is 4.98 Å². The molecule has 1 N–H and O–H groups in total. The summed E-state index contributed by atoms with van der Waals surface area (Å²) in [5.74, 6) is -2.35. The zero-order valence-corrected chi connectivity index (χ0v) is 15.7. The smallest absolute Gasteiger partial charge is 0.268 e. The second-order valence-corrected chi connectivity index (χ2v) is 7.45. The molecule has 2 fully saturated rings. The topological polar surface area (TPSA) is 48.6 Å². The lowest BCUT2D eigenvalue weighted by Gasteiger charge is -2.42. The molecule has 150 valence electrons. The van der Waals surface area contributed by atoms with Gasteiger partial charge in [-0.15, -0.1) is 0 Å². The zero-order valence-electron chi connectivity index (χ0n) is 15.7. The third kappa shape index (κ3) is 4.04. The summed E-state index contributed by atoms with van der Waals surface area (Å²) in [7, 11) is 0. The van der Waals surface area contributed by atoms with Gasteiger partial charge >= 0.3 is 0 Å². The molecule has 1 aromatic heterocycles. The quantitative estimate of drug-likeness (QED) is 0.873. The van der Waals surface area contributed by atoms with Gasteiger partial charge < -0.3 is 19.5 Å². The summed E-state index contributed by atoms with van der Waals surface area (Å²) in [6.45, 7) is 3.07. The fourth-order valence-electron chi connectivity index (χ4n) is 4.09. The first-order chi connectivity index (χ1) is 13.5. The molecule has 4 rings (SSSR count). The van der Waals surface area contributed by atoms with Crippen molar-refractivity contribution in [3.8, 4) is 0 Å². The molecule has 1 aromatic carbocycles. The van der Waals surface area contributed by atoms with Gasteiger partial charge in [0.25, 0.3) is 11.5 Å². The van der Waals surface area contributed by atoms with Gasteiger partial charge in [-0.1, -0.05) is 30.3 Å². The Labute approximate surface area is 162 Å². The molecule has 28 heavy (non-hydrogen) atoms. The van der Waals surface area contributed by atoms with Crippen molar-refractivity contribution in [2.45, 2.75) is 31.2 Å². The van der Waals surface area contributed by atoms with Gasteiger partial charge in [0.15, 0.2) is 0 Å². The van der Waals surface area contributed by atoms with Crippen LogP contribution in [0.3, 0.4) is 0 Å². The van der Waals surface area contributed by atoms with E-state index in [-0.39, 0.29) is 18.4 Å². The predicted octanol–water partition coefficient (Wildman–Crippen LogP) is 3.06. The van der Waals surface area contributed by atoms with Crippen molar-refractivity contribution in [2.75, 3.05) is 42.6 Å². The second-order valence-electron chi connectivity index (χ2n) is 7.45. The number of ether oxygens (including phenoxy) is 1. The maximum atomic E-state index is 14.9. The SMILES string of the molecule is O=c1cc(N2CCOCC2)cc(N2CCCC(F)(F)C2Cc2ccccc2)[nH]1. The lowest BCUT2D eigenvalue weighted by atomic mass is 9.92. The highest BCUT2D eigenvalue weighted by atomic mass is 19.3. The first-order valence-corrected chi connectivity index (χ1v) is 9.78. The number of morpholine rings is 1. The average Bonchev–Trinajstić information content (AvgIpc) is 2.70. The van der Waals surface area contributed by atoms with E-state index in [0.29, 0.717) is 45.1 Å². The minimum absolute atomic E-state index is 0.131. The highest BCUT2D eigenvalue weighted by molar-refractivity contribution is 5.56. The molecule has 2 aliphatic heterocycles. The van der Waals surface area contributed by atoms with Gasteiger partial charge in [-0.2, -0.15) is 0 Å². The molecule has 0 amide bonds. The van der Waals surface area contributed by atoms with Crippen LogP contribution >= 0.6 is 0 Å². The fraction of sp³-hybridized carbons (Fsp3) is 0.476. The summed E-state index contributed by atoms with van der Waals surface area (Å²) >= 11 is 0. The Balaban J connectivity index is 1.67. The Morgan fingerprint density at radius 3 is 2.61 bits per heavy atom. The van der Waals surface area contributed by atoms with E-state index < -0.39 is 12.0 Å². The summed E-state index contributed by atoms with van der Waals surface area (Å²) in [5.41, 5.74) is 1.35. The van der Waals surface area contributed by atoms with E-state index in [1.165, 1.54) is 6.07 Å². The van der Waals surface area contributed by atoms with E-state index in [9.17, 15) is 13.6 Å². The minimum atomic E-state index is -2.82. The number of hydrogen-bond acceptors (Lipinski definition) is 4. The number of nitrogens with one attached hydrogen (secondary N) is 1. The van der Waals surface area contributed by atoms with Gasteiger partial charge in [0.2, 0.25) is 0 Å². The largest absolute Gasteiger partial charge is 0.378 e. The van der Waals surface area contributed by atoms with E-state index in [4.69, 9.17) is 4.74 Å². The zero-order chi connectivity index (χ0) is 19.6. The number of aromatic nitrogens is 1. The van der Waals surface area contributed by atoms with Gasteiger partial charge in [0.05, 0.1) is 19.3 Å². The number of piperidine rings is 1. The Bertz CT molecular complexity index is 850. The molecule has 1 atom stereocenters. The van der Waals surface area contributed by atoms with Crippen molar-refractivity contribution in [3.05, 3.63) is 58.4 Å². The van der Waals surface area contributed by atoms with Crippen molar-refractivity contribution in [3.63, 3.8) is 0 Å². The molecule has 2 aromatic rings. The molecule has 0 aliphatic carbocycles. The van der Waals surface area contributed by atoms with E-state index in [0.717, 1.165) is 11.3 Å². The van der Waals surface area contributed by atoms with Crippen LogP contribution in [-0.4, -0.2) is 49.8 Å². The fourth-order valence-corrected chi connectivity index (χ4v) is 4.09. The summed E-state index contributed by atoms with van der Waals surface area (Å²) in [4.78, 5) is 18.8. The van der Waals surface area contributed by atoms with Gasteiger partial charge in [-0.3, -0.25) is 4.79 Å². The number of rotatable bonds is 4. The number of hydrogen-bond donors (Lipinski definition) is 1. The Morgan fingerprint density at radius 1 is 1.11 bits per heavy atom. The molecule has 2 aliphatic rings. The van der Waals surface area contributed by atoms with Gasteiger partial charge in [-0.05, 0) is 18.4 Å². The lowest BCUT2D eigenvalue weighted by Crippen LogP contribution is -2.54. The Kier molecular flexibility index (Phi) is 5.35. The molecular weight excluding hydrogens is 364 g/mol. The van der Waals surface area contributed by atoms with E-state index >= 15 is 0 Å². The summed E-state index contributed by atoms with van der Waals surface area (Å²) in [6.07, 6.45) is 0.494. The number of alkyl halides is 2. The summed E-state index contributed by atoms with van der Waals surface area (Å²) in [6, 6.07) is 11.7. The highest BCUT2D eigenvalue weighted by Gasteiger charge is 2.46. The van der Waals surface area contributed by atoms with E-state index in [2.05, 4.69) is 9.88 Å². The molecule has 1 unspecified atom stereocenters. The van der Waals surface area contributed by atoms with Gasteiger partial charge in [0, 0.05) is 43.9 Å². The molecule has 5 nitrogen and oxygen atoms in total. The number of nitrogens with zero attached hydrogens (tertiary/aromatic N) is 2. The van der Waals surface area contributed by atoms with Crippen LogP contribution in [0.25, 0.3) is 0 Å². The summed E-state index contributed by atoms with van der Waals surface area (Å²) < 4.78 is 35.1. The molecule has 0 saturated carbocycles. The van der Waals surface area contributed by atoms with Crippen LogP contribution < -0.4 is 15.4 Å². The number of benzene rings is 1. The van der Waals surface area contributed by atoms with Crippen molar-refractivity contribution >= 4 is 11.5 Å². The van der Waals surface area contributed by atoms with Crippen LogP contribution in [0.15, 0.2) is 47.3 Å². The molecule has 0 spiro atoms. The predicted molar refractivity (Wildman–Crippen MR) is 106 cm³/mol. The van der Waals surface area contributed by atoms with Crippen LogP contribution in [0.4, 0.5) is 20.3 Å². The number of H-pyrrole nitrogens is 1. The monoisotopic (exact) mass is 389 g/mol. The highest BCUT2D eigenvalue weighted by Crippen LogP contribution is 2.37. The molecule has 7 heteroatoms. The number of halogens is 2. The van der Waals surface area contributed by atoms with Crippen molar-refractivity contribution in [2.24, 2.45) is 0 Å². The normalized spacial score (nSPS) is 22.3. The van der Waals surface area contributed by atoms with Gasteiger partial charge in [0.1, 0.15) is 5.82 Å². The molecule has 2 saturated heterocycles. The molecule has 3 heterocycles. The van der Waals surface area contributed by atoms with Crippen LogP contribution in [-0.2, 0) is 11.2 Å². The van der Waals surface area contributed by atoms with Crippen molar-refractivity contribution in [1.29, 1.82) is 0 Å². The van der Waals surface area contributed by atoms with Crippen molar-refractivity contribution < 1.29 is 13.5 Å². The molecular formula is C21H25F2N3O2. The minimum Gasteiger partial charge on any atom is -0.378 e. The Hall–Kier alpha value is -2.41. The third-order valence-electron chi connectivity index (χ3n) is 5.55. The van der Waals surface area contributed by atoms with E-state index in [1.54, 1.807) is 4.90 Å². The van der Waals surface area contributed by atoms with Gasteiger partial charge in [-0.25, -0.2) is 8.78 Å². The van der Waals surface area contributed by atoms with Crippen LogP contribution in [0.2, 0.25) is 0 Å².